The summed E-state index contributed by atoms with van der Waals surface area (Å²) in [6.07, 6.45) is 11.5. The number of hydrogen-bond donors (Lipinski definition) is 1. The number of benzene rings is 1. The highest BCUT2D eigenvalue weighted by atomic mass is 28.4. The summed E-state index contributed by atoms with van der Waals surface area (Å²) in [5.41, 5.74) is 1.26. The van der Waals surface area contributed by atoms with Gasteiger partial charge in [0.2, 0.25) is 0 Å². The second-order valence-electron chi connectivity index (χ2n) is 14.7. The highest BCUT2D eigenvalue weighted by Gasteiger charge is 2.62. The number of hydrogen-bond acceptors (Lipinski definition) is 2. The first kappa shape index (κ1) is 25.0. The Morgan fingerprint density at radius 1 is 0.853 bits per heavy atom. The normalized spacial score (nSPS) is 44.8. The fraction of sp³-hybridized carbons (Fsp3) is 0.806. The zero-order valence-corrected chi connectivity index (χ0v) is 24.0. The van der Waals surface area contributed by atoms with Crippen molar-refractivity contribution in [2.75, 3.05) is 0 Å². The summed E-state index contributed by atoms with van der Waals surface area (Å²) in [4.78, 5) is 0. The molecule has 1 N–H and O–H groups in total. The predicted octanol–water partition coefficient (Wildman–Crippen LogP) is 8.31. The van der Waals surface area contributed by atoms with Crippen LogP contribution in [-0.4, -0.2) is 19.5 Å². The van der Waals surface area contributed by atoms with Crippen LogP contribution in [-0.2, 0) is 10.0 Å². The lowest BCUT2D eigenvalue weighted by molar-refractivity contribution is -0.156. The molecule has 8 atom stereocenters. The summed E-state index contributed by atoms with van der Waals surface area (Å²) < 4.78 is 7.13. The Hall–Kier alpha value is -0.643. The van der Waals surface area contributed by atoms with Crippen molar-refractivity contribution in [3.05, 3.63) is 35.9 Å². The summed E-state index contributed by atoms with van der Waals surface area (Å²) in [5, 5.41) is 12.0. The zero-order chi connectivity index (χ0) is 24.6. The van der Waals surface area contributed by atoms with E-state index in [0.29, 0.717) is 22.9 Å². The number of fused-ring (bicyclic) bond motifs is 5. The average Bonchev–Trinajstić information content (AvgIpc) is 3.10. The molecule has 0 radical (unpaired) electrons. The highest BCUT2D eigenvalue weighted by molar-refractivity contribution is 6.74. The first-order valence-corrected chi connectivity index (χ1v) is 17.2. The second kappa shape index (κ2) is 8.18. The monoisotopic (exact) mass is 482 g/mol. The molecule has 4 aliphatic rings. The minimum Gasteiger partial charge on any atom is -0.413 e. The smallest absolute Gasteiger partial charge is 0.192 e. The van der Waals surface area contributed by atoms with Gasteiger partial charge in [0.15, 0.2) is 8.32 Å². The summed E-state index contributed by atoms with van der Waals surface area (Å²) in [6.45, 7) is 17.2. The van der Waals surface area contributed by atoms with Crippen LogP contribution >= 0.6 is 0 Å². The molecule has 5 rings (SSSR count). The molecule has 0 bridgehead atoms. The fourth-order valence-electron chi connectivity index (χ4n) is 8.93. The van der Waals surface area contributed by atoms with Gasteiger partial charge < -0.3 is 9.53 Å². The van der Waals surface area contributed by atoms with E-state index in [4.69, 9.17) is 4.43 Å². The van der Waals surface area contributed by atoms with Crippen molar-refractivity contribution >= 4 is 8.32 Å². The minimum atomic E-state index is -1.76. The van der Waals surface area contributed by atoms with Crippen LogP contribution < -0.4 is 0 Å². The van der Waals surface area contributed by atoms with Crippen molar-refractivity contribution in [2.45, 2.75) is 122 Å². The molecule has 4 saturated carbocycles. The Morgan fingerprint density at radius 3 is 2.21 bits per heavy atom. The SMILES string of the molecule is CC(C)(C)[Si](C)(C)O[C@H]1CC[C@H]2[C@@H]3CC[C@H]4C[C@](O)(c5ccccc5)CC[C@]4(C)[C@H]3CC[C@]12C. The lowest BCUT2D eigenvalue weighted by Gasteiger charge is -2.62. The van der Waals surface area contributed by atoms with Crippen LogP contribution in [0, 0.1) is 34.5 Å². The molecule has 0 amide bonds. The largest absolute Gasteiger partial charge is 0.413 e. The van der Waals surface area contributed by atoms with Crippen molar-refractivity contribution in [2.24, 2.45) is 34.5 Å². The molecule has 0 unspecified atom stereocenters. The Bertz CT molecular complexity index is 890. The molecule has 0 aliphatic heterocycles. The minimum absolute atomic E-state index is 0.280. The molecule has 1 aromatic carbocycles. The van der Waals surface area contributed by atoms with Gasteiger partial charge in [-0.3, -0.25) is 0 Å². The molecule has 4 aliphatic carbocycles. The third-order valence-electron chi connectivity index (χ3n) is 12.2. The van der Waals surface area contributed by atoms with E-state index >= 15 is 0 Å². The number of rotatable bonds is 3. The Kier molecular flexibility index (Phi) is 6.02. The Balaban J connectivity index is 1.34. The quantitative estimate of drug-likeness (QED) is 0.439. The van der Waals surface area contributed by atoms with Crippen LogP contribution in [0.25, 0.3) is 0 Å². The van der Waals surface area contributed by atoms with E-state index in [2.05, 4.69) is 78.0 Å². The first-order chi connectivity index (χ1) is 15.8. The van der Waals surface area contributed by atoms with Gasteiger partial charge in [-0.05, 0) is 116 Å². The summed E-state index contributed by atoms with van der Waals surface area (Å²) in [6, 6.07) is 10.5. The lowest BCUT2D eigenvalue weighted by Crippen LogP contribution is -2.56. The summed E-state index contributed by atoms with van der Waals surface area (Å²) in [7, 11) is -1.76. The molecule has 0 saturated heterocycles. The van der Waals surface area contributed by atoms with E-state index in [1.54, 1.807) is 0 Å². The van der Waals surface area contributed by atoms with Crippen molar-refractivity contribution < 1.29 is 9.53 Å². The van der Waals surface area contributed by atoms with Crippen LogP contribution in [0.4, 0.5) is 0 Å². The van der Waals surface area contributed by atoms with Crippen molar-refractivity contribution in [3.8, 4) is 0 Å². The van der Waals surface area contributed by atoms with Gasteiger partial charge in [-0.25, -0.2) is 0 Å². The van der Waals surface area contributed by atoms with Crippen LogP contribution in [0.1, 0.15) is 98.0 Å². The van der Waals surface area contributed by atoms with E-state index in [0.717, 1.165) is 36.2 Å². The van der Waals surface area contributed by atoms with Gasteiger partial charge in [0, 0.05) is 0 Å². The van der Waals surface area contributed by atoms with E-state index in [1.807, 2.05) is 0 Å². The maximum Gasteiger partial charge on any atom is 0.192 e. The topological polar surface area (TPSA) is 29.5 Å². The van der Waals surface area contributed by atoms with Gasteiger partial charge in [0.1, 0.15) is 0 Å². The third-order valence-corrected chi connectivity index (χ3v) is 16.7. The average molecular weight is 483 g/mol. The molecule has 0 spiro atoms. The molecule has 4 fully saturated rings. The predicted molar refractivity (Wildman–Crippen MR) is 144 cm³/mol. The van der Waals surface area contributed by atoms with Gasteiger partial charge in [-0.1, -0.05) is 65.0 Å². The fourth-order valence-corrected chi connectivity index (χ4v) is 10.4. The molecule has 0 heterocycles. The summed E-state index contributed by atoms with van der Waals surface area (Å²) >= 11 is 0. The first-order valence-electron chi connectivity index (χ1n) is 14.3. The van der Waals surface area contributed by atoms with Gasteiger partial charge >= 0.3 is 0 Å². The highest BCUT2D eigenvalue weighted by Crippen LogP contribution is 2.68. The van der Waals surface area contributed by atoms with Gasteiger partial charge in [0.05, 0.1) is 11.7 Å². The van der Waals surface area contributed by atoms with E-state index in [1.165, 1.54) is 44.9 Å². The molecule has 190 valence electrons. The molecular weight excluding hydrogens is 432 g/mol. The van der Waals surface area contributed by atoms with Gasteiger partial charge in [0.25, 0.3) is 0 Å². The van der Waals surface area contributed by atoms with Crippen LogP contribution in [0.3, 0.4) is 0 Å². The molecule has 3 heteroatoms. The third kappa shape index (κ3) is 3.79. The zero-order valence-electron chi connectivity index (χ0n) is 23.0. The van der Waals surface area contributed by atoms with Crippen molar-refractivity contribution in [1.82, 2.24) is 0 Å². The molecule has 1 aromatic rings. The molecule has 34 heavy (non-hydrogen) atoms. The van der Waals surface area contributed by atoms with E-state index in [9.17, 15) is 5.11 Å². The number of aliphatic hydroxyl groups is 1. The second-order valence-corrected chi connectivity index (χ2v) is 19.5. The van der Waals surface area contributed by atoms with Crippen molar-refractivity contribution in [1.29, 1.82) is 0 Å². The lowest BCUT2D eigenvalue weighted by atomic mass is 9.44. The molecule has 2 nitrogen and oxygen atoms in total. The Labute approximate surface area is 210 Å². The molecule has 0 aromatic heterocycles. The van der Waals surface area contributed by atoms with Crippen molar-refractivity contribution in [3.63, 3.8) is 0 Å². The maximum atomic E-state index is 11.7. The standard InChI is InChI=1S/C31H50O2Si/c1-28(2,3)34(6,7)33-27-16-15-25-24-14-13-23-21-31(32,22-11-9-8-10-12-22)20-19-29(23,4)26(24)17-18-30(25,27)5/h8-12,23-27,32H,13-21H2,1-7H3/t23-,24-,25-,26-,27-,29-,30-,31-/m0/s1. The van der Waals surface area contributed by atoms with E-state index in [-0.39, 0.29) is 5.04 Å². The van der Waals surface area contributed by atoms with Gasteiger partial charge in [-0.2, -0.15) is 0 Å². The summed E-state index contributed by atoms with van der Waals surface area (Å²) in [5.74, 6) is 3.17. The van der Waals surface area contributed by atoms with Crippen LogP contribution in [0.5, 0.6) is 0 Å². The molecular formula is C31H50O2Si. The van der Waals surface area contributed by atoms with E-state index < -0.39 is 13.9 Å². The van der Waals surface area contributed by atoms with Crippen LogP contribution in [0.15, 0.2) is 30.3 Å². The van der Waals surface area contributed by atoms with Crippen LogP contribution in [0.2, 0.25) is 18.1 Å². The Morgan fingerprint density at radius 2 is 1.53 bits per heavy atom. The maximum absolute atomic E-state index is 11.7. The van der Waals surface area contributed by atoms with Gasteiger partial charge in [-0.15, -0.1) is 0 Å².